The molecule has 0 aromatic heterocycles. The van der Waals surface area contributed by atoms with Gasteiger partial charge in [0.15, 0.2) is 0 Å². The molecule has 0 unspecified atom stereocenters. The van der Waals surface area contributed by atoms with Gasteiger partial charge in [-0.3, -0.25) is 4.79 Å². The van der Waals surface area contributed by atoms with Gasteiger partial charge in [0.05, 0.1) is 6.04 Å². The van der Waals surface area contributed by atoms with Crippen molar-refractivity contribution < 1.29 is 9.18 Å². The molecular formula is C13H17BrClFN2O. The van der Waals surface area contributed by atoms with Crippen LogP contribution in [0.25, 0.3) is 0 Å². The molecule has 1 aromatic carbocycles. The lowest BCUT2D eigenvalue weighted by atomic mass is 10.1. The molecule has 2 rings (SSSR count). The molecule has 1 aromatic rings. The van der Waals surface area contributed by atoms with E-state index in [1.807, 2.05) is 0 Å². The second-order valence-electron chi connectivity index (χ2n) is 4.58. The number of halogens is 3. The van der Waals surface area contributed by atoms with Gasteiger partial charge < -0.3 is 10.2 Å². The van der Waals surface area contributed by atoms with Crippen LogP contribution < -0.4 is 5.32 Å². The lowest BCUT2D eigenvalue weighted by Gasteiger charge is -2.21. The van der Waals surface area contributed by atoms with Gasteiger partial charge in [0.1, 0.15) is 5.82 Å². The molecule has 1 N–H and O–H groups in total. The lowest BCUT2D eigenvalue weighted by molar-refractivity contribution is -0.132. The number of rotatable bonds is 3. The van der Waals surface area contributed by atoms with Gasteiger partial charge >= 0.3 is 0 Å². The van der Waals surface area contributed by atoms with Crippen LogP contribution in [0, 0.1) is 5.82 Å². The summed E-state index contributed by atoms with van der Waals surface area (Å²) >= 11 is 3.31. The first-order valence-corrected chi connectivity index (χ1v) is 6.79. The maximum Gasteiger partial charge on any atom is 0.239 e. The normalized spacial score (nSPS) is 17.9. The van der Waals surface area contributed by atoms with E-state index in [1.54, 1.807) is 24.1 Å². The fourth-order valence-electron chi connectivity index (χ4n) is 2.16. The molecule has 6 heteroatoms. The average Bonchev–Trinajstić information content (AvgIpc) is 2.86. The standard InChI is InChI=1S/C13H16BrFN2O.ClH/c1-17(13(18)12-3-2-6-16-12)8-9-7-10(14)4-5-11(9)15;/h4-5,7,12,16H,2-3,6,8H2,1H3;1H/t12-;/m0./s1. The molecule has 19 heavy (non-hydrogen) atoms. The number of benzene rings is 1. The summed E-state index contributed by atoms with van der Waals surface area (Å²) in [5, 5.41) is 3.15. The van der Waals surface area contributed by atoms with Gasteiger partial charge in [-0.2, -0.15) is 0 Å². The summed E-state index contributed by atoms with van der Waals surface area (Å²) in [7, 11) is 1.71. The molecule has 1 aliphatic heterocycles. The van der Waals surface area contributed by atoms with E-state index in [1.165, 1.54) is 6.07 Å². The Morgan fingerprint density at radius 3 is 2.95 bits per heavy atom. The summed E-state index contributed by atoms with van der Waals surface area (Å²) in [4.78, 5) is 13.7. The minimum Gasteiger partial charge on any atom is -0.340 e. The Kier molecular flexibility index (Phi) is 6.23. The molecule has 1 fully saturated rings. The maximum absolute atomic E-state index is 13.6. The van der Waals surface area contributed by atoms with E-state index < -0.39 is 0 Å². The number of hydrogen-bond acceptors (Lipinski definition) is 2. The number of carbonyl (C=O) groups excluding carboxylic acids is 1. The van der Waals surface area contributed by atoms with Gasteiger partial charge in [-0.05, 0) is 37.6 Å². The Balaban J connectivity index is 0.00000180. The van der Waals surface area contributed by atoms with Gasteiger partial charge in [0, 0.05) is 23.6 Å². The van der Waals surface area contributed by atoms with Crippen molar-refractivity contribution in [2.24, 2.45) is 0 Å². The minimum absolute atomic E-state index is 0. The monoisotopic (exact) mass is 350 g/mol. The highest BCUT2D eigenvalue weighted by Gasteiger charge is 2.25. The van der Waals surface area contributed by atoms with Crippen LogP contribution in [0.1, 0.15) is 18.4 Å². The van der Waals surface area contributed by atoms with Crippen molar-refractivity contribution >= 4 is 34.2 Å². The predicted molar refractivity (Wildman–Crippen MR) is 78.8 cm³/mol. The van der Waals surface area contributed by atoms with Crippen molar-refractivity contribution in [3.63, 3.8) is 0 Å². The second kappa shape index (κ2) is 7.22. The van der Waals surface area contributed by atoms with Crippen LogP contribution >= 0.6 is 28.3 Å². The van der Waals surface area contributed by atoms with E-state index in [0.717, 1.165) is 23.9 Å². The van der Waals surface area contributed by atoms with Crippen molar-refractivity contribution in [3.05, 3.63) is 34.1 Å². The fraction of sp³-hybridized carbons (Fsp3) is 0.462. The third-order valence-corrected chi connectivity index (χ3v) is 3.64. The average molecular weight is 352 g/mol. The number of amides is 1. The van der Waals surface area contributed by atoms with Gasteiger partial charge in [-0.25, -0.2) is 4.39 Å². The van der Waals surface area contributed by atoms with Crippen LogP contribution in [0.5, 0.6) is 0 Å². The van der Waals surface area contributed by atoms with Gasteiger partial charge in [-0.15, -0.1) is 12.4 Å². The minimum atomic E-state index is -0.280. The van der Waals surface area contributed by atoms with Crippen LogP contribution in [0.3, 0.4) is 0 Å². The van der Waals surface area contributed by atoms with E-state index in [0.29, 0.717) is 12.1 Å². The van der Waals surface area contributed by atoms with Crippen LogP contribution in [-0.4, -0.2) is 30.4 Å². The topological polar surface area (TPSA) is 32.3 Å². The highest BCUT2D eigenvalue weighted by atomic mass is 79.9. The Labute approximate surface area is 127 Å². The lowest BCUT2D eigenvalue weighted by Crippen LogP contribution is -2.41. The molecule has 0 aliphatic carbocycles. The Bertz CT molecular complexity index is 452. The van der Waals surface area contributed by atoms with Gasteiger partial charge in [0.2, 0.25) is 5.91 Å². The van der Waals surface area contributed by atoms with Crippen molar-refractivity contribution in [2.75, 3.05) is 13.6 Å². The molecule has 0 saturated carbocycles. The molecule has 0 bridgehead atoms. The van der Waals surface area contributed by atoms with Crippen molar-refractivity contribution in [1.29, 1.82) is 0 Å². The summed E-state index contributed by atoms with van der Waals surface area (Å²) in [5.41, 5.74) is 0.526. The molecule has 3 nitrogen and oxygen atoms in total. The zero-order chi connectivity index (χ0) is 13.1. The fourth-order valence-corrected chi connectivity index (χ4v) is 2.57. The first-order valence-electron chi connectivity index (χ1n) is 6.00. The Hall–Kier alpha value is -0.650. The smallest absolute Gasteiger partial charge is 0.239 e. The number of nitrogens with zero attached hydrogens (tertiary/aromatic N) is 1. The summed E-state index contributed by atoms with van der Waals surface area (Å²) in [6.07, 6.45) is 1.89. The predicted octanol–water partition coefficient (Wildman–Crippen LogP) is 2.72. The molecule has 1 saturated heterocycles. The number of nitrogens with one attached hydrogen (secondary N) is 1. The molecule has 1 atom stereocenters. The Morgan fingerprint density at radius 1 is 1.58 bits per heavy atom. The zero-order valence-electron chi connectivity index (χ0n) is 10.7. The van der Waals surface area contributed by atoms with Crippen molar-refractivity contribution in [1.82, 2.24) is 10.2 Å². The summed E-state index contributed by atoms with van der Waals surface area (Å²) in [5.74, 6) is -0.246. The number of carbonyl (C=O) groups is 1. The summed E-state index contributed by atoms with van der Waals surface area (Å²) < 4.78 is 14.4. The van der Waals surface area contributed by atoms with E-state index in [4.69, 9.17) is 0 Å². The maximum atomic E-state index is 13.6. The van der Waals surface area contributed by atoms with Crippen molar-refractivity contribution in [3.8, 4) is 0 Å². The van der Waals surface area contributed by atoms with E-state index in [2.05, 4.69) is 21.2 Å². The highest BCUT2D eigenvalue weighted by Crippen LogP contribution is 2.18. The van der Waals surface area contributed by atoms with Crippen molar-refractivity contribution in [2.45, 2.75) is 25.4 Å². The van der Waals surface area contributed by atoms with E-state index in [9.17, 15) is 9.18 Å². The zero-order valence-corrected chi connectivity index (χ0v) is 13.1. The van der Waals surface area contributed by atoms with Crippen LogP contribution in [0.2, 0.25) is 0 Å². The summed E-state index contributed by atoms with van der Waals surface area (Å²) in [6, 6.07) is 4.66. The Morgan fingerprint density at radius 2 is 2.32 bits per heavy atom. The van der Waals surface area contributed by atoms with Crippen LogP contribution in [-0.2, 0) is 11.3 Å². The number of likely N-dealkylation sites (N-methyl/N-ethyl adjacent to an activating group) is 1. The first-order chi connectivity index (χ1) is 8.58. The van der Waals surface area contributed by atoms with E-state index >= 15 is 0 Å². The molecule has 0 radical (unpaired) electrons. The van der Waals surface area contributed by atoms with Gasteiger partial charge in [-0.1, -0.05) is 15.9 Å². The molecule has 1 amide bonds. The van der Waals surface area contributed by atoms with Crippen LogP contribution in [0.15, 0.2) is 22.7 Å². The molecular weight excluding hydrogens is 335 g/mol. The number of hydrogen-bond donors (Lipinski definition) is 1. The van der Waals surface area contributed by atoms with Gasteiger partial charge in [0.25, 0.3) is 0 Å². The molecule has 0 spiro atoms. The first kappa shape index (κ1) is 16.4. The SMILES string of the molecule is CN(Cc1cc(Br)ccc1F)C(=O)[C@@H]1CCCN1.Cl. The van der Waals surface area contributed by atoms with Crippen LogP contribution in [0.4, 0.5) is 4.39 Å². The second-order valence-corrected chi connectivity index (χ2v) is 5.49. The highest BCUT2D eigenvalue weighted by molar-refractivity contribution is 9.10. The quantitative estimate of drug-likeness (QED) is 0.908. The third-order valence-electron chi connectivity index (χ3n) is 3.15. The molecule has 106 valence electrons. The largest absolute Gasteiger partial charge is 0.340 e. The van der Waals surface area contributed by atoms with E-state index in [-0.39, 0.29) is 30.2 Å². The summed E-state index contributed by atoms with van der Waals surface area (Å²) in [6.45, 7) is 1.18. The molecule has 1 heterocycles. The molecule has 1 aliphatic rings. The third kappa shape index (κ3) is 4.16.